The number of carbonyl (C=O) groups excluding carboxylic acids is 2. The number of rotatable bonds is 6. The lowest BCUT2D eigenvalue weighted by Gasteiger charge is -2.32. The second-order valence-corrected chi connectivity index (χ2v) is 12.0. The molecule has 0 bridgehead atoms. The molecule has 11 heteroatoms. The average molecular weight is 495 g/mol. The number of nitrogens with zero attached hydrogens (tertiary/aromatic N) is 3. The number of likely N-dealkylation sites (N-methyl/N-ethyl adjacent to an activating group) is 1. The van der Waals surface area contributed by atoms with Crippen LogP contribution in [0.4, 0.5) is 9.59 Å². The van der Waals surface area contributed by atoms with Crippen LogP contribution in [0, 0.1) is 6.92 Å². The Kier molecular flexibility index (Phi) is 8.28. The van der Waals surface area contributed by atoms with Gasteiger partial charge in [0.25, 0.3) is 0 Å². The fourth-order valence-electron chi connectivity index (χ4n) is 3.24. The number of hydrogen-bond acceptors (Lipinski definition) is 8. The summed E-state index contributed by atoms with van der Waals surface area (Å²) in [5.41, 5.74) is -1.13. The average Bonchev–Trinajstić information content (AvgIpc) is 3.10. The number of ether oxygens (including phenoxy) is 2. The van der Waals surface area contributed by atoms with Crippen molar-refractivity contribution in [2.45, 2.75) is 105 Å². The van der Waals surface area contributed by atoms with E-state index in [1.807, 2.05) is 34.6 Å². The minimum atomic E-state index is -0.696. The fourth-order valence-corrected chi connectivity index (χ4v) is 3.24. The molecule has 1 aliphatic heterocycles. The summed E-state index contributed by atoms with van der Waals surface area (Å²) in [5.74, 6) is 0.437. The highest BCUT2D eigenvalue weighted by Crippen LogP contribution is 2.37. The van der Waals surface area contributed by atoms with Crippen LogP contribution in [0.2, 0.25) is 0 Å². The summed E-state index contributed by atoms with van der Waals surface area (Å²) >= 11 is 0. The summed E-state index contributed by atoms with van der Waals surface area (Å²) in [6, 6.07) is 0. The van der Waals surface area contributed by atoms with Crippen LogP contribution in [0.3, 0.4) is 0 Å². The van der Waals surface area contributed by atoms with Crippen molar-refractivity contribution in [3.8, 4) is 0 Å². The van der Waals surface area contributed by atoms with E-state index in [0.29, 0.717) is 16.9 Å². The van der Waals surface area contributed by atoms with Gasteiger partial charge in [0.1, 0.15) is 11.2 Å². The van der Waals surface area contributed by atoms with E-state index in [2.05, 4.69) is 5.16 Å². The third kappa shape index (κ3) is 7.61. The zero-order chi connectivity index (χ0) is 27.0. The van der Waals surface area contributed by atoms with E-state index in [1.54, 1.807) is 48.6 Å². The fraction of sp³-hybridized carbons (Fsp3) is 0.792. The molecule has 1 fully saturated rings. The van der Waals surface area contributed by atoms with E-state index >= 15 is 0 Å². The lowest BCUT2D eigenvalue weighted by molar-refractivity contribution is 0.00578. The van der Waals surface area contributed by atoms with Crippen LogP contribution in [0.5, 0.6) is 0 Å². The number of aryl methyl sites for hydroxylation is 1. The third-order valence-electron chi connectivity index (χ3n) is 5.87. The molecule has 0 aliphatic carbocycles. The van der Waals surface area contributed by atoms with Gasteiger partial charge in [0.05, 0.1) is 28.9 Å². The standard InChI is InChI=1S/C24H42BN3O7/c1-16-18(25-34-23(8,9)24(10,11)35-25)17(33-26-16)15-28(20(30)32-22(5,6)7)14-13-27(12)19(29)31-21(2,3)4/h13-15H2,1-12H3. The summed E-state index contributed by atoms with van der Waals surface area (Å²) in [7, 11) is 0.932. The molecule has 1 aliphatic rings. The summed E-state index contributed by atoms with van der Waals surface area (Å²) < 4.78 is 29.0. The summed E-state index contributed by atoms with van der Waals surface area (Å²) in [4.78, 5) is 28.3. The topological polar surface area (TPSA) is 104 Å². The molecule has 0 N–H and O–H groups in total. The molecule has 2 rings (SSSR count). The van der Waals surface area contributed by atoms with Crippen molar-refractivity contribution < 1.29 is 32.9 Å². The molecule has 1 aromatic rings. The van der Waals surface area contributed by atoms with Crippen molar-refractivity contribution in [1.82, 2.24) is 15.0 Å². The van der Waals surface area contributed by atoms with Gasteiger partial charge in [-0.25, -0.2) is 9.59 Å². The largest absolute Gasteiger partial charge is 0.500 e. The molecule has 0 saturated carbocycles. The van der Waals surface area contributed by atoms with Gasteiger partial charge in [-0.1, -0.05) is 5.16 Å². The van der Waals surface area contributed by atoms with Crippen molar-refractivity contribution in [2.24, 2.45) is 0 Å². The molecule has 2 heterocycles. The number of hydrogen-bond donors (Lipinski definition) is 0. The maximum atomic E-state index is 13.1. The van der Waals surface area contributed by atoms with Gasteiger partial charge >= 0.3 is 19.3 Å². The summed E-state index contributed by atoms with van der Waals surface area (Å²) in [6.07, 6.45) is -1.01. The van der Waals surface area contributed by atoms with E-state index in [-0.39, 0.29) is 19.6 Å². The Morgan fingerprint density at radius 1 is 0.914 bits per heavy atom. The van der Waals surface area contributed by atoms with Gasteiger partial charge in [-0.2, -0.15) is 0 Å². The summed E-state index contributed by atoms with van der Waals surface area (Å²) in [5, 5.41) is 4.11. The molecule has 198 valence electrons. The maximum absolute atomic E-state index is 13.1. The van der Waals surface area contributed by atoms with Gasteiger partial charge in [0, 0.05) is 20.1 Å². The molecule has 0 unspecified atom stereocenters. The zero-order valence-electron chi connectivity index (χ0n) is 23.4. The van der Waals surface area contributed by atoms with Crippen LogP contribution in [0.25, 0.3) is 0 Å². The quantitative estimate of drug-likeness (QED) is 0.548. The second kappa shape index (κ2) is 10.0. The normalized spacial score (nSPS) is 17.3. The van der Waals surface area contributed by atoms with Crippen molar-refractivity contribution in [2.75, 3.05) is 20.1 Å². The second-order valence-electron chi connectivity index (χ2n) is 12.0. The molecule has 35 heavy (non-hydrogen) atoms. The van der Waals surface area contributed by atoms with E-state index in [0.717, 1.165) is 0 Å². The van der Waals surface area contributed by atoms with Crippen LogP contribution in [0.1, 0.15) is 80.7 Å². The van der Waals surface area contributed by atoms with Crippen molar-refractivity contribution in [3.63, 3.8) is 0 Å². The number of aromatic nitrogens is 1. The van der Waals surface area contributed by atoms with Gasteiger partial charge in [0.15, 0.2) is 5.76 Å². The molecule has 1 saturated heterocycles. The molecule has 0 radical (unpaired) electrons. The van der Waals surface area contributed by atoms with Crippen molar-refractivity contribution >= 4 is 24.8 Å². The Balaban J connectivity index is 2.25. The van der Waals surface area contributed by atoms with E-state index in [9.17, 15) is 9.59 Å². The first-order valence-corrected chi connectivity index (χ1v) is 12.0. The van der Waals surface area contributed by atoms with Gasteiger partial charge in [-0.15, -0.1) is 0 Å². The first-order valence-electron chi connectivity index (χ1n) is 12.0. The first kappa shape index (κ1) is 29.0. The summed E-state index contributed by atoms with van der Waals surface area (Å²) in [6.45, 7) is 21.0. The Labute approximate surface area is 209 Å². The van der Waals surface area contributed by atoms with Crippen molar-refractivity contribution in [1.29, 1.82) is 0 Å². The highest BCUT2D eigenvalue weighted by atomic mass is 16.7. The van der Waals surface area contributed by atoms with Crippen LogP contribution in [-0.4, -0.2) is 76.8 Å². The van der Waals surface area contributed by atoms with Gasteiger partial charge in [-0.05, 0) is 76.2 Å². The Bertz CT molecular complexity index is 899. The minimum Gasteiger partial charge on any atom is -0.444 e. The molecule has 0 atom stereocenters. The Hall–Kier alpha value is -2.27. The van der Waals surface area contributed by atoms with Crippen LogP contribution in [0.15, 0.2) is 4.52 Å². The Morgan fingerprint density at radius 3 is 1.89 bits per heavy atom. The maximum Gasteiger partial charge on any atom is 0.500 e. The predicted octanol–water partition coefficient (Wildman–Crippen LogP) is 3.89. The smallest absolute Gasteiger partial charge is 0.444 e. The molecular formula is C24H42BN3O7. The molecule has 10 nitrogen and oxygen atoms in total. The predicted molar refractivity (Wildman–Crippen MR) is 132 cm³/mol. The van der Waals surface area contributed by atoms with Crippen LogP contribution >= 0.6 is 0 Å². The molecule has 0 aromatic carbocycles. The van der Waals surface area contributed by atoms with Gasteiger partial charge < -0.3 is 28.2 Å². The lowest BCUT2D eigenvalue weighted by atomic mass is 9.77. The number of amides is 2. The molecular weight excluding hydrogens is 453 g/mol. The number of carbonyl (C=O) groups is 2. The zero-order valence-corrected chi connectivity index (χ0v) is 23.4. The monoisotopic (exact) mass is 495 g/mol. The molecule has 0 spiro atoms. The van der Waals surface area contributed by atoms with E-state index in [1.165, 1.54) is 9.80 Å². The first-order chi connectivity index (χ1) is 15.7. The third-order valence-corrected chi connectivity index (χ3v) is 5.87. The van der Waals surface area contributed by atoms with Gasteiger partial charge in [-0.3, -0.25) is 4.90 Å². The minimum absolute atomic E-state index is 0.0668. The lowest BCUT2D eigenvalue weighted by Crippen LogP contribution is -2.44. The molecule has 2 amide bonds. The van der Waals surface area contributed by atoms with Gasteiger partial charge in [0.2, 0.25) is 0 Å². The highest BCUT2D eigenvalue weighted by Gasteiger charge is 2.53. The SMILES string of the molecule is Cc1noc(CN(CCN(C)C(=O)OC(C)(C)C)C(=O)OC(C)(C)C)c1B1OC(C)(C)C(C)(C)O1. The van der Waals surface area contributed by atoms with Crippen molar-refractivity contribution in [3.05, 3.63) is 11.5 Å². The Morgan fingerprint density at radius 2 is 1.40 bits per heavy atom. The molecule has 1 aromatic heterocycles. The highest BCUT2D eigenvalue weighted by molar-refractivity contribution is 6.63. The van der Waals surface area contributed by atoms with E-state index in [4.69, 9.17) is 23.3 Å². The van der Waals surface area contributed by atoms with Crippen LogP contribution in [-0.2, 0) is 25.3 Å². The van der Waals surface area contributed by atoms with Crippen LogP contribution < -0.4 is 5.46 Å². The van der Waals surface area contributed by atoms with E-state index < -0.39 is 41.7 Å².